The fourth-order valence-corrected chi connectivity index (χ4v) is 2.22. The van der Waals surface area contributed by atoms with Crippen molar-refractivity contribution in [2.24, 2.45) is 0 Å². The molecule has 1 aromatic rings. The van der Waals surface area contributed by atoms with Gasteiger partial charge in [0.05, 0.1) is 12.5 Å². The molecule has 0 heterocycles. The number of aromatic hydroxyl groups is 2. The average molecular weight is 289 g/mol. The number of ether oxygens (including phenoxy) is 1. The Hall–Kier alpha value is -1.23. The number of phenols is 2. The number of hydrogen-bond donors (Lipinski definition) is 2. The number of esters is 1. The summed E-state index contributed by atoms with van der Waals surface area (Å²) in [4.78, 5) is 11.6. The number of hydrogen-bond acceptors (Lipinski definition) is 4. The molecule has 88 valence electrons. The van der Waals surface area contributed by atoms with Crippen LogP contribution in [-0.4, -0.2) is 23.3 Å². The molecule has 0 atom stereocenters. The second-order valence-electron chi connectivity index (χ2n) is 3.94. The first-order chi connectivity index (χ1) is 7.30. The van der Waals surface area contributed by atoms with Gasteiger partial charge in [0.15, 0.2) is 11.5 Å². The summed E-state index contributed by atoms with van der Waals surface area (Å²) in [5.74, 6) is -0.926. The van der Waals surface area contributed by atoms with Crippen molar-refractivity contribution in [2.75, 3.05) is 7.11 Å². The zero-order valence-corrected chi connectivity index (χ0v) is 10.8. The van der Waals surface area contributed by atoms with Gasteiger partial charge in [-0.1, -0.05) is 15.9 Å². The number of carbonyl (C=O) groups is 1. The van der Waals surface area contributed by atoms with Gasteiger partial charge in [-0.25, -0.2) is 0 Å². The molecule has 0 spiro atoms. The molecule has 0 bridgehead atoms. The third-order valence-corrected chi connectivity index (χ3v) is 3.09. The highest BCUT2D eigenvalue weighted by Gasteiger charge is 2.33. The molecule has 16 heavy (non-hydrogen) atoms. The van der Waals surface area contributed by atoms with E-state index < -0.39 is 11.4 Å². The summed E-state index contributed by atoms with van der Waals surface area (Å²) in [5, 5.41) is 18.7. The minimum Gasteiger partial charge on any atom is -0.504 e. The van der Waals surface area contributed by atoms with E-state index in [1.54, 1.807) is 13.8 Å². The summed E-state index contributed by atoms with van der Waals surface area (Å²) < 4.78 is 5.23. The van der Waals surface area contributed by atoms with Crippen LogP contribution in [0.1, 0.15) is 19.4 Å². The molecule has 0 radical (unpaired) electrons. The maximum absolute atomic E-state index is 11.6. The summed E-state index contributed by atoms with van der Waals surface area (Å²) in [6.45, 7) is 3.35. The lowest BCUT2D eigenvalue weighted by molar-refractivity contribution is -0.146. The van der Waals surface area contributed by atoms with E-state index in [2.05, 4.69) is 15.9 Å². The van der Waals surface area contributed by atoms with E-state index >= 15 is 0 Å². The quantitative estimate of drug-likeness (QED) is 0.647. The summed E-state index contributed by atoms with van der Waals surface area (Å²) in [6, 6.07) is 2.69. The summed E-state index contributed by atoms with van der Waals surface area (Å²) in [6.07, 6.45) is 0. The molecule has 0 aliphatic rings. The van der Waals surface area contributed by atoms with Gasteiger partial charge >= 0.3 is 5.97 Å². The predicted octanol–water partition coefficient (Wildman–Crippen LogP) is 2.31. The molecule has 0 aliphatic carbocycles. The third kappa shape index (κ3) is 2.14. The number of halogens is 1. The van der Waals surface area contributed by atoms with Gasteiger partial charge in [0, 0.05) is 4.47 Å². The Bertz CT molecular complexity index is 426. The first kappa shape index (κ1) is 12.8. The molecule has 0 aliphatic heterocycles. The van der Waals surface area contributed by atoms with Crippen LogP contribution in [0.15, 0.2) is 16.6 Å². The number of carbonyl (C=O) groups excluding carboxylic acids is 1. The minimum absolute atomic E-state index is 0.240. The molecule has 0 aromatic heterocycles. The average Bonchev–Trinajstić information content (AvgIpc) is 2.21. The first-order valence-electron chi connectivity index (χ1n) is 4.61. The molecular formula is C11H13BrO4. The van der Waals surface area contributed by atoms with Crippen molar-refractivity contribution in [3.8, 4) is 11.5 Å². The van der Waals surface area contributed by atoms with E-state index in [1.165, 1.54) is 19.2 Å². The normalized spacial score (nSPS) is 11.2. The topological polar surface area (TPSA) is 66.8 Å². The van der Waals surface area contributed by atoms with Crippen molar-refractivity contribution < 1.29 is 19.7 Å². The Labute approximate surface area is 102 Å². The van der Waals surface area contributed by atoms with Crippen LogP contribution >= 0.6 is 15.9 Å². The zero-order chi connectivity index (χ0) is 12.5. The highest BCUT2D eigenvalue weighted by Crippen LogP contribution is 2.38. The van der Waals surface area contributed by atoms with E-state index in [4.69, 9.17) is 4.74 Å². The molecule has 0 amide bonds. The van der Waals surface area contributed by atoms with Crippen molar-refractivity contribution in [2.45, 2.75) is 19.3 Å². The van der Waals surface area contributed by atoms with Crippen LogP contribution in [0, 0.1) is 0 Å². The summed E-state index contributed by atoms with van der Waals surface area (Å²) in [7, 11) is 1.30. The number of methoxy groups -OCH3 is 1. The molecule has 1 aromatic carbocycles. The first-order valence-corrected chi connectivity index (χ1v) is 5.40. The molecular weight excluding hydrogens is 276 g/mol. The Morgan fingerprint density at radius 2 is 1.81 bits per heavy atom. The molecule has 0 saturated carbocycles. The monoisotopic (exact) mass is 288 g/mol. The predicted molar refractivity (Wildman–Crippen MR) is 62.5 cm³/mol. The lowest BCUT2D eigenvalue weighted by Crippen LogP contribution is -2.30. The van der Waals surface area contributed by atoms with E-state index in [0.29, 0.717) is 10.0 Å². The highest BCUT2D eigenvalue weighted by molar-refractivity contribution is 9.10. The minimum atomic E-state index is -0.904. The van der Waals surface area contributed by atoms with Gasteiger partial charge in [-0.05, 0) is 31.5 Å². The van der Waals surface area contributed by atoms with Gasteiger partial charge in [0.2, 0.25) is 0 Å². The molecule has 0 saturated heterocycles. The van der Waals surface area contributed by atoms with Crippen LogP contribution in [0.5, 0.6) is 11.5 Å². The van der Waals surface area contributed by atoms with Crippen LogP contribution in [0.3, 0.4) is 0 Å². The Morgan fingerprint density at radius 1 is 1.31 bits per heavy atom. The van der Waals surface area contributed by atoms with E-state index in [1.807, 2.05) is 0 Å². The zero-order valence-electron chi connectivity index (χ0n) is 9.24. The van der Waals surface area contributed by atoms with Gasteiger partial charge in [0.1, 0.15) is 0 Å². The lowest BCUT2D eigenvalue weighted by Gasteiger charge is -2.23. The third-order valence-electron chi connectivity index (χ3n) is 2.43. The number of benzene rings is 1. The number of rotatable bonds is 2. The fourth-order valence-electron chi connectivity index (χ4n) is 1.40. The van der Waals surface area contributed by atoms with E-state index in [9.17, 15) is 15.0 Å². The van der Waals surface area contributed by atoms with Crippen LogP contribution in [0.2, 0.25) is 0 Å². The van der Waals surface area contributed by atoms with Gasteiger partial charge < -0.3 is 14.9 Å². The van der Waals surface area contributed by atoms with Crippen molar-refractivity contribution in [1.82, 2.24) is 0 Å². The van der Waals surface area contributed by atoms with Crippen LogP contribution in [0.4, 0.5) is 0 Å². The van der Waals surface area contributed by atoms with Gasteiger partial charge in [-0.2, -0.15) is 0 Å². The standard InChI is InChI=1S/C11H13BrO4/c1-11(2,10(15)16-3)6-4-8(13)9(14)5-7(6)12/h4-5,13-14H,1-3H3. The molecule has 4 nitrogen and oxygen atoms in total. The maximum atomic E-state index is 11.6. The van der Waals surface area contributed by atoms with E-state index in [-0.39, 0.29) is 11.5 Å². The largest absolute Gasteiger partial charge is 0.504 e. The van der Waals surface area contributed by atoms with Crippen LogP contribution < -0.4 is 0 Å². The highest BCUT2D eigenvalue weighted by atomic mass is 79.9. The molecule has 1 rings (SSSR count). The van der Waals surface area contributed by atoms with Crippen LogP contribution in [-0.2, 0) is 14.9 Å². The smallest absolute Gasteiger partial charge is 0.315 e. The van der Waals surface area contributed by atoms with Crippen molar-refractivity contribution in [3.05, 3.63) is 22.2 Å². The summed E-state index contributed by atoms with van der Waals surface area (Å²) >= 11 is 3.24. The molecule has 0 fully saturated rings. The second kappa shape index (κ2) is 4.33. The van der Waals surface area contributed by atoms with Crippen LogP contribution in [0.25, 0.3) is 0 Å². The van der Waals surface area contributed by atoms with Crippen molar-refractivity contribution in [3.63, 3.8) is 0 Å². The van der Waals surface area contributed by atoms with Crippen molar-refractivity contribution >= 4 is 21.9 Å². The SMILES string of the molecule is COC(=O)C(C)(C)c1cc(O)c(O)cc1Br. The summed E-state index contributed by atoms with van der Waals surface area (Å²) in [5.41, 5.74) is -0.353. The second-order valence-corrected chi connectivity index (χ2v) is 4.79. The number of phenolic OH excluding ortho intramolecular Hbond substituents is 2. The lowest BCUT2D eigenvalue weighted by atomic mass is 9.84. The molecule has 0 unspecified atom stereocenters. The van der Waals surface area contributed by atoms with E-state index in [0.717, 1.165) is 0 Å². The Balaban J connectivity index is 3.33. The van der Waals surface area contributed by atoms with Gasteiger partial charge in [-0.3, -0.25) is 4.79 Å². The fraction of sp³-hybridized carbons (Fsp3) is 0.364. The van der Waals surface area contributed by atoms with Crippen molar-refractivity contribution in [1.29, 1.82) is 0 Å². The van der Waals surface area contributed by atoms with Gasteiger partial charge in [-0.15, -0.1) is 0 Å². The van der Waals surface area contributed by atoms with Gasteiger partial charge in [0.25, 0.3) is 0 Å². The Morgan fingerprint density at radius 3 is 2.31 bits per heavy atom. The maximum Gasteiger partial charge on any atom is 0.315 e. The molecule has 5 heteroatoms. The Kier molecular flexibility index (Phi) is 3.48. The molecule has 2 N–H and O–H groups in total.